The molecule has 0 spiro atoms. The lowest BCUT2D eigenvalue weighted by molar-refractivity contribution is -0.0498. The molecule has 0 bridgehead atoms. The van der Waals surface area contributed by atoms with Gasteiger partial charge in [-0.05, 0) is 66.3 Å². The highest BCUT2D eigenvalue weighted by atomic mass is 19.3. The highest BCUT2D eigenvalue weighted by Crippen LogP contribution is 2.38. The average molecular weight is 469 g/mol. The van der Waals surface area contributed by atoms with Gasteiger partial charge in [0, 0.05) is 0 Å². The normalized spacial score (nSPS) is 18.6. The van der Waals surface area contributed by atoms with E-state index in [0.717, 1.165) is 17.0 Å². The lowest BCUT2D eigenvalue weighted by Gasteiger charge is -2.29. The zero-order valence-corrected chi connectivity index (χ0v) is 20.9. The molecule has 2 aromatic carbocycles. The van der Waals surface area contributed by atoms with Crippen LogP contribution in [-0.2, 0) is 0 Å². The van der Waals surface area contributed by atoms with Crippen molar-refractivity contribution >= 4 is 12.2 Å². The van der Waals surface area contributed by atoms with Crippen LogP contribution in [-0.4, -0.2) is 6.61 Å². The first kappa shape index (κ1) is 26.4. The van der Waals surface area contributed by atoms with Crippen LogP contribution in [0.3, 0.4) is 0 Å². The second kappa shape index (κ2) is 15.0. The SMILES string of the molecule is CCCCCCCCCC[C@H]1CC[C@H](c2ccc(C=Cc3ccc(OC(F)F)cc3)cc2)CC1. The third kappa shape index (κ3) is 9.60. The van der Waals surface area contributed by atoms with Gasteiger partial charge < -0.3 is 4.74 Å². The van der Waals surface area contributed by atoms with Crippen LogP contribution in [0, 0.1) is 5.92 Å². The van der Waals surface area contributed by atoms with Crippen LogP contribution < -0.4 is 4.74 Å². The van der Waals surface area contributed by atoms with Gasteiger partial charge in [0.15, 0.2) is 0 Å². The van der Waals surface area contributed by atoms with Crippen LogP contribution in [0.15, 0.2) is 48.5 Å². The predicted molar refractivity (Wildman–Crippen MR) is 140 cm³/mol. The van der Waals surface area contributed by atoms with E-state index in [-0.39, 0.29) is 5.75 Å². The lowest BCUT2D eigenvalue weighted by atomic mass is 9.77. The molecule has 1 fully saturated rings. The van der Waals surface area contributed by atoms with Crippen molar-refractivity contribution in [2.75, 3.05) is 0 Å². The number of hydrogen-bond donors (Lipinski definition) is 0. The number of rotatable bonds is 14. The van der Waals surface area contributed by atoms with Crippen molar-refractivity contribution in [2.24, 2.45) is 5.92 Å². The standard InChI is InChI=1S/C31H42F2O/c1-2-3-4-5-6-7-8-9-10-25-13-19-28(20-14-25)29-21-15-26(16-22-29)11-12-27-17-23-30(24-18-27)34-31(32)33/h11-12,15-18,21-25,28,31H,2-10,13-14,19-20H2,1H3/t25-,28-. The maximum atomic E-state index is 12.3. The zero-order valence-electron chi connectivity index (χ0n) is 20.9. The first-order valence-electron chi connectivity index (χ1n) is 13.5. The van der Waals surface area contributed by atoms with Gasteiger partial charge in [-0.15, -0.1) is 0 Å². The van der Waals surface area contributed by atoms with Crippen molar-refractivity contribution < 1.29 is 13.5 Å². The fourth-order valence-corrected chi connectivity index (χ4v) is 5.18. The summed E-state index contributed by atoms with van der Waals surface area (Å²) in [4.78, 5) is 0. The molecule has 186 valence electrons. The molecule has 34 heavy (non-hydrogen) atoms. The van der Waals surface area contributed by atoms with Gasteiger partial charge in [-0.3, -0.25) is 0 Å². The molecule has 0 unspecified atom stereocenters. The third-order valence-corrected chi connectivity index (χ3v) is 7.29. The number of alkyl halides is 2. The number of ether oxygens (including phenoxy) is 1. The highest BCUT2D eigenvalue weighted by Gasteiger charge is 2.21. The van der Waals surface area contributed by atoms with Crippen molar-refractivity contribution in [1.82, 2.24) is 0 Å². The maximum Gasteiger partial charge on any atom is 0.387 e. The molecule has 1 nitrogen and oxygen atoms in total. The van der Waals surface area contributed by atoms with Crippen molar-refractivity contribution in [3.05, 3.63) is 65.2 Å². The molecule has 3 rings (SSSR count). The molecule has 0 aliphatic heterocycles. The van der Waals surface area contributed by atoms with Crippen LogP contribution in [0.4, 0.5) is 8.78 Å². The van der Waals surface area contributed by atoms with Gasteiger partial charge in [-0.1, -0.05) is 113 Å². The van der Waals surface area contributed by atoms with Gasteiger partial charge in [0.05, 0.1) is 0 Å². The van der Waals surface area contributed by atoms with E-state index in [4.69, 9.17) is 0 Å². The van der Waals surface area contributed by atoms with Gasteiger partial charge in [-0.2, -0.15) is 8.78 Å². The second-order valence-electron chi connectivity index (χ2n) is 9.93. The maximum absolute atomic E-state index is 12.3. The monoisotopic (exact) mass is 468 g/mol. The molecule has 0 N–H and O–H groups in total. The van der Waals surface area contributed by atoms with Gasteiger partial charge in [0.2, 0.25) is 0 Å². The van der Waals surface area contributed by atoms with E-state index in [1.807, 2.05) is 6.08 Å². The summed E-state index contributed by atoms with van der Waals surface area (Å²) in [7, 11) is 0. The van der Waals surface area contributed by atoms with Crippen molar-refractivity contribution in [1.29, 1.82) is 0 Å². The Labute approximate surface area is 205 Å². The largest absolute Gasteiger partial charge is 0.435 e. The Hall–Kier alpha value is -2.16. The molecule has 1 aliphatic rings. The molecule has 0 radical (unpaired) electrons. The Bertz CT molecular complexity index is 818. The molecule has 1 aliphatic carbocycles. The predicted octanol–water partition coefficient (Wildman–Crippen LogP) is 10.3. The minimum atomic E-state index is -2.79. The van der Waals surface area contributed by atoms with Crippen LogP contribution in [0.5, 0.6) is 5.75 Å². The van der Waals surface area contributed by atoms with Gasteiger partial charge >= 0.3 is 6.61 Å². The van der Waals surface area contributed by atoms with E-state index in [2.05, 4.69) is 42.0 Å². The van der Waals surface area contributed by atoms with Crippen molar-refractivity contribution in [3.63, 3.8) is 0 Å². The topological polar surface area (TPSA) is 9.23 Å². The average Bonchev–Trinajstić information content (AvgIpc) is 2.86. The summed E-state index contributed by atoms with van der Waals surface area (Å²) in [6, 6.07) is 15.6. The smallest absolute Gasteiger partial charge is 0.387 e. The summed E-state index contributed by atoms with van der Waals surface area (Å²) in [5.74, 6) is 1.83. The number of unbranched alkanes of at least 4 members (excludes halogenated alkanes) is 7. The van der Waals surface area contributed by atoms with Gasteiger partial charge in [0.1, 0.15) is 5.75 Å². The summed E-state index contributed by atoms with van der Waals surface area (Å²) < 4.78 is 28.9. The molecule has 0 aromatic heterocycles. The number of hydrogen-bond acceptors (Lipinski definition) is 1. The van der Waals surface area contributed by atoms with E-state index >= 15 is 0 Å². The minimum Gasteiger partial charge on any atom is -0.435 e. The fraction of sp³-hybridized carbons (Fsp3) is 0.548. The molecule has 0 atom stereocenters. The lowest BCUT2D eigenvalue weighted by Crippen LogP contribution is -2.13. The first-order valence-corrected chi connectivity index (χ1v) is 13.5. The van der Waals surface area contributed by atoms with Crippen LogP contribution in [0.25, 0.3) is 12.2 Å². The number of halogens is 2. The molecule has 3 heteroatoms. The highest BCUT2D eigenvalue weighted by molar-refractivity contribution is 5.69. The molecular formula is C31H42F2O. The molecule has 0 saturated heterocycles. The Morgan fingerprint density at radius 2 is 1.26 bits per heavy atom. The Morgan fingerprint density at radius 1 is 0.735 bits per heavy atom. The van der Waals surface area contributed by atoms with Crippen LogP contribution >= 0.6 is 0 Å². The van der Waals surface area contributed by atoms with E-state index in [1.54, 1.807) is 24.3 Å². The van der Waals surface area contributed by atoms with Crippen molar-refractivity contribution in [2.45, 2.75) is 103 Å². The molecule has 0 heterocycles. The molecule has 1 saturated carbocycles. The molecule has 0 amide bonds. The summed E-state index contributed by atoms with van der Waals surface area (Å²) in [6.07, 6.45) is 22.2. The van der Waals surface area contributed by atoms with Gasteiger partial charge in [0.25, 0.3) is 0 Å². The number of benzene rings is 2. The van der Waals surface area contributed by atoms with E-state index in [0.29, 0.717) is 5.92 Å². The summed E-state index contributed by atoms with van der Waals surface area (Å²) in [6.45, 7) is -0.505. The first-order chi connectivity index (χ1) is 16.6. The Kier molecular flexibility index (Phi) is 11.6. The molecular weight excluding hydrogens is 426 g/mol. The van der Waals surface area contributed by atoms with Crippen LogP contribution in [0.1, 0.15) is 113 Å². The quantitative estimate of drug-likeness (QED) is 0.198. The summed E-state index contributed by atoms with van der Waals surface area (Å²) >= 11 is 0. The van der Waals surface area contributed by atoms with Crippen LogP contribution in [0.2, 0.25) is 0 Å². The molecule has 2 aromatic rings. The Morgan fingerprint density at radius 3 is 1.82 bits per heavy atom. The van der Waals surface area contributed by atoms with E-state index in [1.165, 1.54) is 89.0 Å². The van der Waals surface area contributed by atoms with E-state index < -0.39 is 6.61 Å². The van der Waals surface area contributed by atoms with E-state index in [9.17, 15) is 8.78 Å². The second-order valence-corrected chi connectivity index (χ2v) is 9.93. The van der Waals surface area contributed by atoms with Gasteiger partial charge in [-0.25, -0.2) is 0 Å². The van der Waals surface area contributed by atoms with Crippen molar-refractivity contribution in [3.8, 4) is 5.75 Å². The fourth-order valence-electron chi connectivity index (χ4n) is 5.18. The summed E-state index contributed by atoms with van der Waals surface area (Å²) in [5, 5.41) is 0. The third-order valence-electron chi connectivity index (χ3n) is 7.29. The Balaban J connectivity index is 1.35. The minimum absolute atomic E-state index is 0.184. The summed E-state index contributed by atoms with van der Waals surface area (Å²) in [5.41, 5.74) is 3.58. The zero-order chi connectivity index (χ0) is 24.0.